The Bertz CT molecular complexity index is 607. The van der Waals surface area contributed by atoms with Crippen LogP contribution >= 0.6 is 0 Å². The summed E-state index contributed by atoms with van der Waals surface area (Å²) >= 11 is -1.99. The maximum atomic E-state index is 11.3. The molecule has 0 radical (unpaired) electrons. The lowest BCUT2D eigenvalue weighted by Crippen LogP contribution is -2.04. The lowest BCUT2D eigenvalue weighted by molar-refractivity contribution is 0.265. The van der Waals surface area contributed by atoms with Gasteiger partial charge in [0, 0.05) is 10.8 Å². The van der Waals surface area contributed by atoms with Crippen molar-refractivity contribution in [1.82, 2.24) is 0 Å². The first kappa shape index (κ1) is 11.6. The van der Waals surface area contributed by atoms with Gasteiger partial charge in [0.2, 0.25) is 0 Å². The predicted octanol–water partition coefficient (Wildman–Crippen LogP) is 2.20. The van der Waals surface area contributed by atoms with Crippen LogP contribution in [-0.2, 0) is 15.8 Å². The van der Waals surface area contributed by atoms with E-state index in [1.165, 1.54) is 0 Å². The second-order valence-electron chi connectivity index (χ2n) is 4.12. The molecule has 94 valence electrons. The van der Waals surface area contributed by atoms with Gasteiger partial charge in [0.25, 0.3) is 0 Å². The van der Waals surface area contributed by atoms with Crippen molar-refractivity contribution in [2.24, 2.45) is 0 Å². The van der Waals surface area contributed by atoms with Crippen LogP contribution in [0.3, 0.4) is 0 Å². The number of hydrogen-bond donors (Lipinski definition) is 1. The smallest absolute Gasteiger partial charge is 0.187 e. The van der Waals surface area contributed by atoms with Crippen LogP contribution in [0.4, 0.5) is 0 Å². The zero-order chi connectivity index (χ0) is 12.5. The van der Waals surface area contributed by atoms with Crippen molar-refractivity contribution in [3.05, 3.63) is 36.4 Å². The number of epoxide rings is 1. The minimum absolute atomic E-state index is 0.190. The van der Waals surface area contributed by atoms with Crippen molar-refractivity contribution < 1.29 is 18.2 Å². The molecule has 1 aliphatic heterocycles. The highest BCUT2D eigenvalue weighted by molar-refractivity contribution is 7.79. The maximum absolute atomic E-state index is 11.3. The third-order valence-corrected chi connectivity index (χ3v) is 3.59. The maximum Gasteiger partial charge on any atom is 0.187 e. The molecule has 1 aliphatic rings. The van der Waals surface area contributed by atoms with E-state index in [1.807, 2.05) is 24.3 Å². The van der Waals surface area contributed by atoms with Gasteiger partial charge in [-0.3, -0.25) is 0 Å². The zero-order valence-corrected chi connectivity index (χ0v) is 10.4. The Kier molecular flexibility index (Phi) is 3.03. The van der Waals surface area contributed by atoms with Crippen molar-refractivity contribution in [3.8, 4) is 5.75 Å². The summed E-state index contributed by atoms with van der Waals surface area (Å²) in [7, 11) is 0. The number of hydrogen-bond acceptors (Lipinski definition) is 3. The second kappa shape index (κ2) is 4.68. The summed E-state index contributed by atoms with van der Waals surface area (Å²) in [5, 5.41) is 1.59. The van der Waals surface area contributed by atoms with Gasteiger partial charge >= 0.3 is 0 Å². The van der Waals surface area contributed by atoms with Gasteiger partial charge in [0.05, 0.1) is 11.5 Å². The number of fused-ring (bicyclic) bond motifs is 1. The van der Waals surface area contributed by atoms with Crippen LogP contribution in [0.5, 0.6) is 5.75 Å². The predicted molar refractivity (Wildman–Crippen MR) is 68.2 cm³/mol. The molecule has 1 N–H and O–H groups in total. The zero-order valence-electron chi connectivity index (χ0n) is 9.54. The molecule has 0 saturated carbocycles. The summed E-state index contributed by atoms with van der Waals surface area (Å²) < 4.78 is 31.3. The van der Waals surface area contributed by atoms with Gasteiger partial charge in [-0.2, -0.15) is 0 Å². The summed E-state index contributed by atoms with van der Waals surface area (Å²) in [5.74, 6) is 0.718. The van der Waals surface area contributed by atoms with Crippen molar-refractivity contribution in [3.63, 3.8) is 0 Å². The monoisotopic (exact) mass is 264 g/mol. The third-order valence-electron chi connectivity index (χ3n) is 2.86. The Labute approximate surface area is 107 Å². The molecule has 2 unspecified atom stereocenters. The fourth-order valence-corrected chi connectivity index (χ4v) is 2.42. The highest BCUT2D eigenvalue weighted by Crippen LogP contribution is 2.30. The fraction of sp³-hybridized carbons (Fsp3) is 0.231. The molecule has 4 nitrogen and oxygen atoms in total. The first-order chi connectivity index (χ1) is 8.75. The highest BCUT2D eigenvalue weighted by atomic mass is 32.2. The average Bonchev–Trinajstić information content (AvgIpc) is 3.19. The normalized spacial score (nSPS) is 19.7. The molecule has 2 aromatic rings. The largest absolute Gasteiger partial charge is 0.490 e. The third kappa shape index (κ3) is 2.25. The molecule has 1 saturated heterocycles. The minimum atomic E-state index is -1.99. The van der Waals surface area contributed by atoms with Gasteiger partial charge in [-0.15, -0.1) is 0 Å². The molecule has 5 heteroatoms. The van der Waals surface area contributed by atoms with Gasteiger partial charge in [0.1, 0.15) is 18.5 Å². The van der Waals surface area contributed by atoms with E-state index in [0.717, 1.165) is 23.1 Å². The first-order valence-electron chi connectivity index (χ1n) is 5.63. The van der Waals surface area contributed by atoms with E-state index < -0.39 is 11.1 Å². The molecule has 0 spiro atoms. The van der Waals surface area contributed by atoms with Crippen LogP contribution in [0.2, 0.25) is 0 Å². The molecule has 2 aromatic carbocycles. The van der Waals surface area contributed by atoms with E-state index in [9.17, 15) is 8.76 Å². The quantitative estimate of drug-likeness (QED) is 0.679. The van der Waals surface area contributed by atoms with E-state index in [1.54, 1.807) is 12.1 Å². The van der Waals surface area contributed by atoms with Gasteiger partial charge < -0.3 is 14.0 Å². The van der Waals surface area contributed by atoms with Crippen LogP contribution in [-0.4, -0.2) is 28.1 Å². The molecule has 3 rings (SSSR count). The van der Waals surface area contributed by atoms with Crippen LogP contribution in [0.15, 0.2) is 41.3 Å². The van der Waals surface area contributed by atoms with E-state index >= 15 is 0 Å². The van der Waals surface area contributed by atoms with Gasteiger partial charge in [-0.25, -0.2) is 4.21 Å². The number of ether oxygens (including phenoxy) is 2. The van der Waals surface area contributed by atoms with E-state index in [4.69, 9.17) is 9.47 Å². The van der Waals surface area contributed by atoms with E-state index in [-0.39, 0.29) is 6.10 Å². The topological polar surface area (TPSA) is 59.1 Å². The van der Waals surface area contributed by atoms with Crippen molar-refractivity contribution in [1.29, 1.82) is 0 Å². The Balaban J connectivity index is 2.04. The molecular formula is C13H12O4S. The molecule has 1 fully saturated rings. The molecule has 0 aliphatic carbocycles. The van der Waals surface area contributed by atoms with E-state index in [0.29, 0.717) is 11.5 Å². The van der Waals surface area contributed by atoms with Crippen molar-refractivity contribution >= 4 is 21.9 Å². The lowest BCUT2D eigenvalue weighted by Gasteiger charge is -2.10. The minimum Gasteiger partial charge on any atom is -0.490 e. The van der Waals surface area contributed by atoms with Crippen LogP contribution in [0, 0.1) is 0 Å². The Morgan fingerprint density at radius 1 is 1.28 bits per heavy atom. The van der Waals surface area contributed by atoms with Crippen LogP contribution < -0.4 is 4.74 Å². The second-order valence-corrected chi connectivity index (χ2v) is 5.06. The summed E-state index contributed by atoms with van der Waals surface area (Å²) in [5.41, 5.74) is 0. The van der Waals surface area contributed by atoms with Crippen molar-refractivity contribution in [2.75, 3.05) is 13.2 Å². The Hall–Kier alpha value is -1.43. The van der Waals surface area contributed by atoms with Crippen molar-refractivity contribution in [2.45, 2.75) is 11.0 Å². The Morgan fingerprint density at radius 2 is 2.00 bits per heavy atom. The Morgan fingerprint density at radius 3 is 2.67 bits per heavy atom. The molecule has 0 amide bonds. The molecule has 2 atom stereocenters. The summed E-state index contributed by atoms with van der Waals surface area (Å²) in [6, 6.07) is 10.8. The number of benzene rings is 2. The van der Waals surface area contributed by atoms with Gasteiger partial charge in [0.15, 0.2) is 11.1 Å². The van der Waals surface area contributed by atoms with Crippen LogP contribution in [0.25, 0.3) is 10.8 Å². The SMILES string of the molecule is O=S(O)c1ccc(OCC2CO2)c2ccccc12. The average molecular weight is 264 g/mol. The van der Waals surface area contributed by atoms with Crippen LogP contribution in [0.1, 0.15) is 0 Å². The van der Waals surface area contributed by atoms with E-state index in [2.05, 4.69) is 0 Å². The first-order valence-corrected chi connectivity index (χ1v) is 6.73. The molecule has 0 bridgehead atoms. The molecule has 0 aromatic heterocycles. The lowest BCUT2D eigenvalue weighted by atomic mass is 10.1. The molecular weight excluding hydrogens is 252 g/mol. The summed E-state index contributed by atoms with van der Waals surface area (Å²) in [6.07, 6.45) is 0.190. The van der Waals surface area contributed by atoms with Gasteiger partial charge in [-0.05, 0) is 12.1 Å². The summed E-state index contributed by atoms with van der Waals surface area (Å²) in [6.45, 7) is 1.27. The standard InChI is InChI=1S/C13H12O4S/c14-18(15)13-6-5-12(17-8-9-7-16-9)10-3-1-2-4-11(10)13/h1-6,9H,7-8H2,(H,14,15). The molecule has 18 heavy (non-hydrogen) atoms. The highest BCUT2D eigenvalue weighted by Gasteiger charge is 2.23. The van der Waals surface area contributed by atoms with Gasteiger partial charge in [-0.1, -0.05) is 24.3 Å². The fourth-order valence-electron chi connectivity index (χ4n) is 1.87. The number of rotatable bonds is 4. The summed E-state index contributed by atoms with van der Waals surface area (Å²) in [4.78, 5) is 0.403. The molecule has 1 heterocycles.